The molecule has 0 spiro atoms. The van der Waals surface area contributed by atoms with Crippen LogP contribution in [0.2, 0.25) is 0 Å². The van der Waals surface area contributed by atoms with Gasteiger partial charge in [-0.2, -0.15) is 0 Å². The molecule has 6 nitrogen and oxygen atoms in total. The molecule has 0 radical (unpaired) electrons. The summed E-state index contributed by atoms with van der Waals surface area (Å²) in [5.41, 5.74) is 0. The second-order valence-corrected chi connectivity index (χ2v) is 6.55. The lowest BCUT2D eigenvalue weighted by Gasteiger charge is -2.22. The summed E-state index contributed by atoms with van der Waals surface area (Å²) in [6, 6.07) is 3.13. The third-order valence-electron chi connectivity index (χ3n) is 3.17. The predicted molar refractivity (Wildman–Crippen MR) is 74.9 cm³/mol. The quantitative estimate of drug-likeness (QED) is 0.741. The van der Waals surface area contributed by atoms with Crippen molar-refractivity contribution in [2.45, 2.75) is 43.9 Å². The summed E-state index contributed by atoms with van der Waals surface area (Å²) in [6.45, 7) is 4.68. The highest BCUT2D eigenvalue weighted by atomic mass is 32.2. The van der Waals surface area contributed by atoms with Crippen LogP contribution in [0.25, 0.3) is 0 Å². The molecule has 0 aromatic carbocycles. The molecule has 2 rings (SSSR count). The van der Waals surface area contributed by atoms with Crippen molar-refractivity contribution in [1.82, 2.24) is 10.0 Å². The Labute approximate surface area is 119 Å². The normalized spacial score (nSPS) is 17.4. The van der Waals surface area contributed by atoms with Crippen LogP contribution in [0.1, 0.15) is 31.9 Å². The Hall–Kier alpha value is -0.890. The van der Waals surface area contributed by atoms with Gasteiger partial charge in [0.05, 0.1) is 6.54 Å². The molecule has 1 aliphatic heterocycles. The summed E-state index contributed by atoms with van der Waals surface area (Å²) in [7, 11) is -3.57. The van der Waals surface area contributed by atoms with Gasteiger partial charge in [-0.3, -0.25) is 0 Å². The zero-order chi connectivity index (χ0) is 14.4. The molecule has 0 amide bonds. The maximum atomic E-state index is 12.2. The van der Waals surface area contributed by atoms with Crippen LogP contribution in [0.15, 0.2) is 21.6 Å². The first-order chi connectivity index (χ1) is 9.62. The van der Waals surface area contributed by atoms with Gasteiger partial charge in [-0.05, 0) is 37.9 Å². The number of ether oxygens (including phenoxy) is 1. The van der Waals surface area contributed by atoms with Crippen LogP contribution in [0.3, 0.4) is 0 Å². The van der Waals surface area contributed by atoms with Gasteiger partial charge in [0.25, 0.3) is 10.0 Å². The molecular formula is C13H22N2O4S. The molecule has 1 aliphatic rings. The van der Waals surface area contributed by atoms with E-state index >= 15 is 0 Å². The fraction of sp³-hybridized carbons (Fsp3) is 0.692. The number of rotatable bonds is 7. The molecular weight excluding hydrogens is 280 g/mol. The molecule has 2 heterocycles. The molecule has 1 fully saturated rings. The summed E-state index contributed by atoms with van der Waals surface area (Å²) in [5, 5.41) is 3.16. The first-order valence-corrected chi connectivity index (χ1v) is 8.49. The average Bonchev–Trinajstić information content (AvgIpc) is 2.89. The molecule has 1 saturated heterocycles. The Morgan fingerprint density at radius 2 is 2.05 bits per heavy atom. The van der Waals surface area contributed by atoms with E-state index in [0.29, 0.717) is 38.4 Å². The Balaban J connectivity index is 1.94. The minimum Gasteiger partial charge on any atom is -0.447 e. The van der Waals surface area contributed by atoms with E-state index in [9.17, 15) is 8.42 Å². The molecule has 20 heavy (non-hydrogen) atoms. The van der Waals surface area contributed by atoms with E-state index < -0.39 is 10.0 Å². The Bertz CT molecular complexity index is 506. The van der Waals surface area contributed by atoms with Gasteiger partial charge in [0.15, 0.2) is 0 Å². The second-order valence-electron chi connectivity index (χ2n) is 4.91. The summed E-state index contributed by atoms with van der Waals surface area (Å²) in [5.74, 6) is 0.630. The van der Waals surface area contributed by atoms with E-state index in [1.807, 2.05) is 0 Å². The van der Waals surface area contributed by atoms with E-state index in [-0.39, 0.29) is 11.1 Å². The number of nitrogens with one attached hydrogen (secondary N) is 2. The van der Waals surface area contributed by atoms with E-state index in [4.69, 9.17) is 9.15 Å². The van der Waals surface area contributed by atoms with Crippen LogP contribution in [0, 0.1) is 0 Å². The van der Waals surface area contributed by atoms with Crippen molar-refractivity contribution >= 4 is 10.0 Å². The van der Waals surface area contributed by atoms with Crippen molar-refractivity contribution in [2.75, 3.05) is 19.8 Å². The highest BCUT2D eigenvalue weighted by Crippen LogP contribution is 2.16. The number of hydrogen-bond donors (Lipinski definition) is 2. The lowest BCUT2D eigenvalue weighted by atomic mass is 10.1. The number of furan rings is 1. The molecule has 0 unspecified atom stereocenters. The lowest BCUT2D eigenvalue weighted by Crippen LogP contribution is -2.38. The van der Waals surface area contributed by atoms with Crippen molar-refractivity contribution in [3.63, 3.8) is 0 Å². The fourth-order valence-electron chi connectivity index (χ4n) is 2.08. The lowest BCUT2D eigenvalue weighted by molar-refractivity contribution is 0.0831. The standard InChI is InChI=1S/C13H22N2O4S/c1-2-7-14-10-12-3-4-13(19-12)20(16,17)15-11-5-8-18-9-6-11/h3-4,11,14-15H,2,5-10H2,1H3. The molecule has 7 heteroatoms. The highest BCUT2D eigenvalue weighted by molar-refractivity contribution is 7.89. The minimum absolute atomic E-state index is 0.0164. The molecule has 1 aromatic rings. The van der Waals surface area contributed by atoms with Crippen LogP contribution in [-0.2, 0) is 21.3 Å². The van der Waals surface area contributed by atoms with Gasteiger partial charge in [0, 0.05) is 19.3 Å². The maximum Gasteiger partial charge on any atom is 0.274 e. The van der Waals surface area contributed by atoms with Crippen molar-refractivity contribution in [2.24, 2.45) is 0 Å². The van der Waals surface area contributed by atoms with Crippen LogP contribution >= 0.6 is 0 Å². The third kappa shape index (κ3) is 4.31. The van der Waals surface area contributed by atoms with Crippen molar-refractivity contribution < 1.29 is 17.6 Å². The van der Waals surface area contributed by atoms with Crippen molar-refractivity contribution in [3.8, 4) is 0 Å². The highest BCUT2D eigenvalue weighted by Gasteiger charge is 2.24. The molecule has 0 aliphatic carbocycles. The Morgan fingerprint density at radius 1 is 1.30 bits per heavy atom. The molecule has 0 bridgehead atoms. The topological polar surface area (TPSA) is 80.6 Å². The number of hydrogen-bond acceptors (Lipinski definition) is 5. The SMILES string of the molecule is CCCNCc1ccc(S(=O)(=O)NC2CCOCC2)o1. The van der Waals surface area contributed by atoms with Crippen LogP contribution in [0.5, 0.6) is 0 Å². The van der Waals surface area contributed by atoms with E-state index in [1.54, 1.807) is 6.07 Å². The molecule has 0 atom stereocenters. The molecule has 1 aromatic heterocycles. The van der Waals surface area contributed by atoms with Crippen molar-refractivity contribution in [3.05, 3.63) is 17.9 Å². The Morgan fingerprint density at radius 3 is 2.75 bits per heavy atom. The number of sulfonamides is 1. The summed E-state index contributed by atoms with van der Waals surface area (Å²) in [4.78, 5) is 0. The van der Waals surface area contributed by atoms with Gasteiger partial charge in [0.2, 0.25) is 5.09 Å². The molecule has 114 valence electrons. The summed E-state index contributed by atoms with van der Waals surface area (Å²) >= 11 is 0. The smallest absolute Gasteiger partial charge is 0.274 e. The van der Waals surface area contributed by atoms with E-state index in [2.05, 4.69) is 17.0 Å². The zero-order valence-electron chi connectivity index (χ0n) is 11.7. The minimum atomic E-state index is -3.57. The monoisotopic (exact) mass is 302 g/mol. The summed E-state index contributed by atoms with van der Waals surface area (Å²) in [6.07, 6.45) is 2.42. The Kier molecular flexibility index (Phi) is 5.59. The fourth-order valence-corrected chi connectivity index (χ4v) is 3.33. The van der Waals surface area contributed by atoms with Gasteiger partial charge in [0.1, 0.15) is 5.76 Å². The van der Waals surface area contributed by atoms with Crippen LogP contribution < -0.4 is 10.0 Å². The first kappa shape index (κ1) is 15.5. The van der Waals surface area contributed by atoms with E-state index in [1.165, 1.54) is 6.07 Å². The third-order valence-corrected chi connectivity index (χ3v) is 4.56. The second kappa shape index (κ2) is 7.21. The largest absolute Gasteiger partial charge is 0.447 e. The van der Waals surface area contributed by atoms with Crippen LogP contribution in [-0.4, -0.2) is 34.2 Å². The molecule has 0 saturated carbocycles. The average molecular weight is 302 g/mol. The first-order valence-electron chi connectivity index (χ1n) is 7.01. The van der Waals surface area contributed by atoms with Gasteiger partial charge >= 0.3 is 0 Å². The van der Waals surface area contributed by atoms with Gasteiger partial charge in [-0.25, -0.2) is 13.1 Å². The van der Waals surface area contributed by atoms with Crippen LogP contribution in [0.4, 0.5) is 0 Å². The van der Waals surface area contributed by atoms with Gasteiger partial charge in [-0.1, -0.05) is 6.92 Å². The zero-order valence-corrected chi connectivity index (χ0v) is 12.5. The molecule has 2 N–H and O–H groups in total. The maximum absolute atomic E-state index is 12.2. The van der Waals surface area contributed by atoms with E-state index in [0.717, 1.165) is 13.0 Å². The predicted octanol–water partition coefficient (Wildman–Crippen LogP) is 1.24. The van der Waals surface area contributed by atoms with Crippen molar-refractivity contribution in [1.29, 1.82) is 0 Å². The van der Waals surface area contributed by atoms with Gasteiger partial charge < -0.3 is 14.5 Å². The summed E-state index contributed by atoms with van der Waals surface area (Å²) < 4.78 is 37.6. The van der Waals surface area contributed by atoms with Gasteiger partial charge in [-0.15, -0.1) is 0 Å².